The van der Waals surface area contributed by atoms with Gasteiger partial charge in [-0.05, 0) is 36.4 Å². The van der Waals surface area contributed by atoms with Crippen LogP contribution in [0.5, 0.6) is 0 Å². The third kappa shape index (κ3) is 3.58. The summed E-state index contributed by atoms with van der Waals surface area (Å²) >= 11 is 0. The van der Waals surface area contributed by atoms with Gasteiger partial charge in [0.05, 0.1) is 11.3 Å². The molecule has 0 atom stereocenters. The Morgan fingerprint density at radius 3 is 2.67 bits per heavy atom. The highest BCUT2D eigenvalue weighted by atomic mass is 16.4. The van der Waals surface area contributed by atoms with Crippen LogP contribution in [0.4, 0.5) is 28.8 Å². The van der Waals surface area contributed by atoms with E-state index < -0.39 is 5.97 Å². The molecular weight excluding hydrogens is 306 g/mol. The number of benzene rings is 2. The quantitative estimate of drug-likeness (QED) is 0.533. The van der Waals surface area contributed by atoms with Gasteiger partial charge in [0.25, 0.3) is 0 Å². The maximum Gasteiger partial charge on any atom is 0.337 e. The first-order valence-electron chi connectivity index (χ1n) is 7.17. The van der Waals surface area contributed by atoms with Gasteiger partial charge in [-0.3, -0.25) is 0 Å². The lowest BCUT2D eigenvalue weighted by molar-refractivity contribution is 0.0698. The molecule has 3 rings (SSSR count). The molecule has 0 amide bonds. The minimum Gasteiger partial charge on any atom is -0.478 e. The van der Waals surface area contributed by atoms with E-state index in [4.69, 9.17) is 5.73 Å². The van der Waals surface area contributed by atoms with E-state index in [1.54, 1.807) is 42.6 Å². The fourth-order valence-corrected chi connectivity index (χ4v) is 2.15. The first-order valence-corrected chi connectivity index (χ1v) is 7.17. The highest BCUT2D eigenvalue weighted by molar-refractivity contribution is 5.95. The number of para-hydroxylation sites is 1. The number of carboxylic acids is 1. The SMILES string of the molecule is Nc1cccc(Nc2nccc(Nc3ccccc3C(=O)O)n2)c1. The molecule has 0 unspecified atom stereocenters. The minimum absolute atomic E-state index is 0.168. The van der Waals surface area contributed by atoms with Gasteiger partial charge in [-0.15, -0.1) is 0 Å². The molecule has 1 aromatic heterocycles. The van der Waals surface area contributed by atoms with Crippen molar-refractivity contribution in [2.24, 2.45) is 0 Å². The van der Waals surface area contributed by atoms with Gasteiger partial charge < -0.3 is 21.5 Å². The Morgan fingerprint density at radius 2 is 1.88 bits per heavy atom. The lowest BCUT2D eigenvalue weighted by atomic mass is 10.2. The van der Waals surface area contributed by atoms with Crippen LogP contribution in [0.2, 0.25) is 0 Å². The molecule has 0 spiro atoms. The smallest absolute Gasteiger partial charge is 0.337 e. The maximum atomic E-state index is 11.3. The number of anilines is 5. The lowest BCUT2D eigenvalue weighted by Gasteiger charge is -2.10. The molecule has 7 heteroatoms. The van der Waals surface area contributed by atoms with Crippen molar-refractivity contribution in [2.75, 3.05) is 16.4 Å². The van der Waals surface area contributed by atoms with Crippen LogP contribution in [0.25, 0.3) is 0 Å². The molecule has 120 valence electrons. The average Bonchev–Trinajstić information content (AvgIpc) is 2.55. The van der Waals surface area contributed by atoms with Gasteiger partial charge in [-0.2, -0.15) is 4.98 Å². The molecular formula is C17H15N5O2. The maximum absolute atomic E-state index is 11.3. The van der Waals surface area contributed by atoms with Gasteiger partial charge in [0.1, 0.15) is 5.82 Å². The summed E-state index contributed by atoms with van der Waals surface area (Å²) < 4.78 is 0. The Bertz CT molecular complexity index is 882. The molecule has 0 saturated carbocycles. The van der Waals surface area contributed by atoms with Crippen molar-refractivity contribution in [2.45, 2.75) is 0 Å². The number of nitrogens with two attached hydrogens (primary N) is 1. The number of aromatic carboxylic acids is 1. The first kappa shape index (κ1) is 15.3. The molecule has 0 radical (unpaired) electrons. The number of aromatic nitrogens is 2. The predicted octanol–water partition coefficient (Wildman–Crippen LogP) is 3.24. The van der Waals surface area contributed by atoms with Gasteiger partial charge in [0, 0.05) is 17.6 Å². The fourth-order valence-electron chi connectivity index (χ4n) is 2.15. The average molecular weight is 321 g/mol. The number of carboxylic acid groups (broad SMARTS) is 1. The van der Waals surface area contributed by atoms with E-state index in [1.807, 2.05) is 12.1 Å². The zero-order chi connectivity index (χ0) is 16.9. The number of rotatable bonds is 5. The summed E-state index contributed by atoms with van der Waals surface area (Å²) in [6.07, 6.45) is 1.58. The molecule has 0 aliphatic carbocycles. The summed E-state index contributed by atoms with van der Waals surface area (Å²) in [4.78, 5) is 19.7. The molecule has 24 heavy (non-hydrogen) atoms. The molecule has 0 saturated heterocycles. The van der Waals surface area contributed by atoms with Crippen LogP contribution < -0.4 is 16.4 Å². The van der Waals surface area contributed by atoms with Crippen LogP contribution in [-0.2, 0) is 0 Å². The summed E-state index contributed by atoms with van der Waals surface area (Å²) in [5.41, 5.74) is 7.76. The van der Waals surface area contributed by atoms with Crippen LogP contribution in [-0.4, -0.2) is 21.0 Å². The summed E-state index contributed by atoms with van der Waals surface area (Å²) in [6, 6.07) is 15.5. The minimum atomic E-state index is -1.01. The molecule has 0 fully saturated rings. The number of nitrogens with zero attached hydrogens (tertiary/aromatic N) is 2. The Kier molecular flexibility index (Phi) is 4.24. The predicted molar refractivity (Wildman–Crippen MR) is 92.9 cm³/mol. The van der Waals surface area contributed by atoms with E-state index in [0.29, 0.717) is 23.1 Å². The van der Waals surface area contributed by atoms with E-state index >= 15 is 0 Å². The molecule has 0 aliphatic heterocycles. The van der Waals surface area contributed by atoms with Gasteiger partial charge >= 0.3 is 5.97 Å². The van der Waals surface area contributed by atoms with E-state index in [-0.39, 0.29) is 5.56 Å². The fraction of sp³-hybridized carbons (Fsp3) is 0. The van der Waals surface area contributed by atoms with Crippen molar-refractivity contribution in [3.63, 3.8) is 0 Å². The highest BCUT2D eigenvalue weighted by Gasteiger charge is 2.10. The lowest BCUT2D eigenvalue weighted by Crippen LogP contribution is -2.04. The van der Waals surface area contributed by atoms with Crippen molar-refractivity contribution in [3.05, 3.63) is 66.4 Å². The second-order valence-corrected chi connectivity index (χ2v) is 4.99. The standard InChI is InChI=1S/C17H15N5O2/c18-11-4-3-5-12(10-11)20-17-19-9-8-15(22-17)21-14-7-2-1-6-13(14)16(23)24/h1-10H,18H2,(H,23,24)(H2,19,20,21,22). The van der Waals surface area contributed by atoms with Gasteiger partial charge in [-0.25, -0.2) is 9.78 Å². The monoisotopic (exact) mass is 321 g/mol. The van der Waals surface area contributed by atoms with Crippen LogP contribution in [0.1, 0.15) is 10.4 Å². The number of carbonyl (C=O) groups is 1. The largest absolute Gasteiger partial charge is 0.478 e. The topological polar surface area (TPSA) is 113 Å². The number of nitrogens with one attached hydrogen (secondary N) is 2. The molecule has 5 N–H and O–H groups in total. The van der Waals surface area contributed by atoms with Crippen molar-refractivity contribution >= 4 is 34.8 Å². The Morgan fingerprint density at radius 1 is 1.04 bits per heavy atom. The van der Waals surface area contributed by atoms with E-state index in [9.17, 15) is 9.90 Å². The van der Waals surface area contributed by atoms with Gasteiger partial charge in [0.15, 0.2) is 0 Å². The third-order valence-electron chi connectivity index (χ3n) is 3.22. The molecule has 7 nitrogen and oxygen atoms in total. The summed E-state index contributed by atoms with van der Waals surface area (Å²) in [5.74, 6) is -0.159. The Balaban J connectivity index is 1.82. The third-order valence-corrected chi connectivity index (χ3v) is 3.22. The zero-order valence-corrected chi connectivity index (χ0v) is 12.6. The number of hydrogen-bond acceptors (Lipinski definition) is 6. The Labute approximate surface area is 138 Å². The van der Waals surface area contributed by atoms with Crippen molar-refractivity contribution in [3.8, 4) is 0 Å². The number of hydrogen-bond donors (Lipinski definition) is 4. The second-order valence-electron chi connectivity index (χ2n) is 4.99. The van der Waals surface area contributed by atoms with Crippen molar-refractivity contribution in [1.82, 2.24) is 9.97 Å². The normalized spacial score (nSPS) is 10.2. The molecule has 0 aliphatic rings. The van der Waals surface area contributed by atoms with Crippen molar-refractivity contribution < 1.29 is 9.90 Å². The van der Waals surface area contributed by atoms with Crippen molar-refractivity contribution in [1.29, 1.82) is 0 Å². The van der Waals surface area contributed by atoms with Crippen LogP contribution in [0.3, 0.4) is 0 Å². The summed E-state index contributed by atoms with van der Waals surface area (Å²) in [5, 5.41) is 15.3. The zero-order valence-electron chi connectivity index (χ0n) is 12.6. The van der Waals surface area contributed by atoms with E-state index in [1.165, 1.54) is 6.07 Å². The molecule has 1 heterocycles. The van der Waals surface area contributed by atoms with Crippen LogP contribution >= 0.6 is 0 Å². The molecule has 3 aromatic rings. The van der Waals surface area contributed by atoms with E-state index in [0.717, 1.165) is 5.69 Å². The second kappa shape index (κ2) is 6.66. The van der Waals surface area contributed by atoms with Gasteiger partial charge in [-0.1, -0.05) is 18.2 Å². The summed E-state index contributed by atoms with van der Waals surface area (Å²) in [6.45, 7) is 0. The molecule has 0 bridgehead atoms. The summed E-state index contributed by atoms with van der Waals surface area (Å²) in [7, 11) is 0. The van der Waals surface area contributed by atoms with E-state index in [2.05, 4.69) is 20.6 Å². The van der Waals surface area contributed by atoms with Gasteiger partial charge in [0.2, 0.25) is 5.95 Å². The van der Waals surface area contributed by atoms with Crippen LogP contribution in [0.15, 0.2) is 60.8 Å². The first-order chi connectivity index (χ1) is 11.6. The Hall–Kier alpha value is -3.61. The highest BCUT2D eigenvalue weighted by Crippen LogP contribution is 2.21. The molecule has 2 aromatic carbocycles. The number of nitrogen functional groups attached to an aromatic ring is 1. The van der Waals surface area contributed by atoms with Crippen LogP contribution in [0, 0.1) is 0 Å².